The molecule has 0 fully saturated rings. The lowest BCUT2D eigenvalue weighted by molar-refractivity contribution is 0.101. The third kappa shape index (κ3) is 3.88. The highest BCUT2D eigenvalue weighted by Gasteiger charge is 2.11. The average Bonchev–Trinajstić information content (AvgIpc) is 3.05. The van der Waals surface area contributed by atoms with Gasteiger partial charge in [0, 0.05) is 16.7 Å². The summed E-state index contributed by atoms with van der Waals surface area (Å²) in [4.78, 5) is 13.0. The molecule has 25 heavy (non-hydrogen) atoms. The molecule has 0 atom stereocenters. The van der Waals surface area contributed by atoms with Crippen LogP contribution in [0.25, 0.3) is 11.4 Å². The van der Waals surface area contributed by atoms with Crippen LogP contribution in [-0.2, 0) is 6.54 Å². The summed E-state index contributed by atoms with van der Waals surface area (Å²) < 4.78 is 18.6. The SMILES string of the molecule is CCOc1ccc(C(C)=O)cc1Cn1nnc(-c2ccc(F)cc2)n1. The standard InChI is InChI=1S/C18H17FN4O2/c1-3-25-17-9-6-14(12(2)24)10-15(17)11-23-21-18(20-22-23)13-4-7-16(19)8-5-13/h4-10H,3,11H2,1-2H3. The molecule has 0 aliphatic heterocycles. The molecule has 0 saturated heterocycles. The van der Waals surface area contributed by atoms with E-state index in [0.29, 0.717) is 35.9 Å². The van der Waals surface area contributed by atoms with Crippen LogP contribution in [0, 0.1) is 5.82 Å². The lowest BCUT2D eigenvalue weighted by Gasteiger charge is -2.10. The van der Waals surface area contributed by atoms with E-state index in [-0.39, 0.29) is 11.6 Å². The first kappa shape index (κ1) is 16.8. The Balaban J connectivity index is 1.88. The first-order valence-electron chi connectivity index (χ1n) is 7.87. The molecule has 7 heteroatoms. The van der Waals surface area contributed by atoms with E-state index in [2.05, 4.69) is 15.4 Å². The van der Waals surface area contributed by atoms with E-state index >= 15 is 0 Å². The van der Waals surface area contributed by atoms with Crippen LogP contribution >= 0.6 is 0 Å². The number of rotatable bonds is 6. The Kier molecular flexibility index (Phi) is 4.83. The summed E-state index contributed by atoms with van der Waals surface area (Å²) in [6.07, 6.45) is 0. The summed E-state index contributed by atoms with van der Waals surface area (Å²) in [5.74, 6) is 0.732. The minimum Gasteiger partial charge on any atom is -0.494 e. The number of ether oxygens (including phenoxy) is 1. The molecule has 0 aliphatic rings. The zero-order valence-electron chi connectivity index (χ0n) is 13.9. The van der Waals surface area contributed by atoms with Crippen molar-refractivity contribution < 1.29 is 13.9 Å². The molecule has 2 aromatic carbocycles. The highest BCUT2D eigenvalue weighted by molar-refractivity contribution is 5.94. The minimum atomic E-state index is -0.321. The maximum Gasteiger partial charge on any atom is 0.204 e. The predicted molar refractivity (Wildman–Crippen MR) is 89.9 cm³/mol. The molecule has 1 aromatic heterocycles. The molecule has 3 rings (SSSR count). The number of benzene rings is 2. The highest BCUT2D eigenvalue weighted by Crippen LogP contribution is 2.22. The van der Waals surface area contributed by atoms with Crippen molar-refractivity contribution >= 4 is 5.78 Å². The van der Waals surface area contributed by atoms with Crippen LogP contribution in [0.1, 0.15) is 29.8 Å². The monoisotopic (exact) mass is 340 g/mol. The number of hydrogen-bond donors (Lipinski definition) is 0. The van der Waals surface area contributed by atoms with Gasteiger partial charge in [0.05, 0.1) is 13.2 Å². The number of carbonyl (C=O) groups excluding carboxylic acids is 1. The van der Waals surface area contributed by atoms with Gasteiger partial charge in [0.1, 0.15) is 11.6 Å². The Morgan fingerprint density at radius 1 is 1.20 bits per heavy atom. The van der Waals surface area contributed by atoms with Gasteiger partial charge in [-0.3, -0.25) is 4.79 Å². The van der Waals surface area contributed by atoms with Crippen molar-refractivity contribution in [1.29, 1.82) is 0 Å². The molecular formula is C18H17FN4O2. The van der Waals surface area contributed by atoms with Crippen LogP contribution in [0.2, 0.25) is 0 Å². The van der Waals surface area contributed by atoms with Crippen LogP contribution < -0.4 is 4.74 Å². The number of hydrogen-bond acceptors (Lipinski definition) is 5. The number of Topliss-reactive ketones (excluding diaryl/α,β-unsaturated/α-hetero) is 1. The van der Waals surface area contributed by atoms with Crippen molar-refractivity contribution in [3.8, 4) is 17.1 Å². The molecule has 0 unspecified atom stereocenters. The number of aromatic nitrogens is 4. The summed E-state index contributed by atoms with van der Waals surface area (Å²) >= 11 is 0. The van der Waals surface area contributed by atoms with Crippen molar-refractivity contribution in [1.82, 2.24) is 20.2 Å². The molecule has 0 aliphatic carbocycles. The van der Waals surface area contributed by atoms with E-state index in [9.17, 15) is 9.18 Å². The van der Waals surface area contributed by atoms with Crippen molar-refractivity contribution in [3.63, 3.8) is 0 Å². The third-order valence-electron chi connectivity index (χ3n) is 3.63. The smallest absolute Gasteiger partial charge is 0.204 e. The van der Waals surface area contributed by atoms with Gasteiger partial charge in [-0.05, 0) is 61.5 Å². The Hall–Kier alpha value is -3.09. The van der Waals surface area contributed by atoms with Crippen LogP contribution in [-0.4, -0.2) is 32.6 Å². The van der Waals surface area contributed by atoms with Gasteiger partial charge in [-0.25, -0.2) is 4.39 Å². The summed E-state index contributed by atoms with van der Waals surface area (Å²) in [5.41, 5.74) is 2.06. The highest BCUT2D eigenvalue weighted by atomic mass is 19.1. The normalized spacial score (nSPS) is 10.7. The fourth-order valence-electron chi connectivity index (χ4n) is 2.40. The van der Waals surface area contributed by atoms with Crippen LogP contribution in [0.5, 0.6) is 5.75 Å². The fourth-order valence-corrected chi connectivity index (χ4v) is 2.40. The number of ketones is 1. The zero-order chi connectivity index (χ0) is 17.8. The maximum atomic E-state index is 13.0. The van der Waals surface area contributed by atoms with Crippen LogP contribution in [0.4, 0.5) is 4.39 Å². The second-order valence-corrected chi connectivity index (χ2v) is 5.46. The molecule has 0 saturated carbocycles. The molecule has 3 aromatic rings. The molecule has 1 heterocycles. The summed E-state index contributed by atoms with van der Waals surface area (Å²) in [7, 11) is 0. The Morgan fingerprint density at radius 3 is 2.64 bits per heavy atom. The quantitative estimate of drug-likeness (QED) is 0.645. The zero-order valence-corrected chi connectivity index (χ0v) is 13.9. The van der Waals surface area contributed by atoms with E-state index in [0.717, 1.165) is 5.56 Å². The van der Waals surface area contributed by atoms with Crippen LogP contribution in [0.3, 0.4) is 0 Å². The van der Waals surface area contributed by atoms with E-state index < -0.39 is 0 Å². The molecule has 0 amide bonds. The van der Waals surface area contributed by atoms with E-state index in [1.165, 1.54) is 23.9 Å². The topological polar surface area (TPSA) is 69.9 Å². The van der Waals surface area contributed by atoms with Crippen molar-refractivity contribution in [2.45, 2.75) is 20.4 Å². The van der Waals surface area contributed by atoms with E-state index in [1.54, 1.807) is 30.3 Å². The lowest BCUT2D eigenvalue weighted by Crippen LogP contribution is -2.08. The number of halogens is 1. The van der Waals surface area contributed by atoms with Gasteiger partial charge < -0.3 is 4.74 Å². The van der Waals surface area contributed by atoms with Crippen molar-refractivity contribution in [2.75, 3.05) is 6.61 Å². The van der Waals surface area contributed by atoms with E-state index in [4.69, 9.17) is 4.74 Å². The van der Waals surface area contributed by atoms with E-state index in [1.807, 2.05) is 6.92 Å². The molecular weight excluding hydrogens is 323 g/mol. The Morgan fingerprint density at radius 2 is 1.96 bits per heavy atom. The average molecular weight is 340 g/mol. The maximum absolute atomic E-state index is 13.0. The first-order valence-corrected chi connectivity index (χ1v) is 7.87. The number of carbonyl (C=O) groups is 1. The van der Waals surface area contributed by atoms with Gasteiger partial charge in [0.25, 0.3) is 0 Å². The molecule has 0 bridgehead atoms. The minimum absolute atomic E-state index is 0.0251. The van der Waals surface area contributed by atoms with Gasteiger partial charge in [-0.1, -0.05) is 0 Å². The van der Waals surface area contributed by atoms with Crippen molar-refractivity contribution in [2.24, 2.45) is 0 Å². The molecule has 0 N–H and O–H groups in total. The summed E-state index contributed by atoms with van der Waals surface area (Å²) in [6.45, 7) is 4.23. The molecule has 6 nitrogen and oxygen atoms in total. The van der Waals surface area contributed by atoms with Gasteiger partial charge in [-0.2, -0.15) is 4.80 Å². The van der Waals surface area contributed by atoms with Gasteiger partial charge >= 0.3 is 0 Å². The second kappa shape index (κ2) is 7.21. The van der Waals surface area contributed by atoms with Gasteiger partial charge in [0.2, 0.25) is 5.82 Å². The third-order valence-corrected chi connectivity index (χ3v) is 3.63. The van der Waals surface area contributed by atoms with Gasteiger partial charge in [0.15, 0.2) is 5.78 Å². The van der Waals surface area contributed by atoms with Crippen molar-refractivity contribution in [3.05, 3.63) is 59.4 Å². The summed E-state index contributed by atoms with van der Waals surface area (Å²) in [5, 5.41) is 12.3. The largest absolute Gasteiger partial charge is 0.494 e. The van der Waals surface area contributed by atoms with Gasteiger partial charge in [-0.15, -0.1) is 10.2 Å². The predicted octanol–water partition coefficient (Wildman–Crippen LogP) is 3.13. The van der Waals surface area contributed by atoms with Crippen LogP contribution in [0.15, 0.2) is 42.5 Å². The second-order valence-electron chi connectivity index (χ2n) is 5.46. The fraction of sp³-hybridized carbons (Fsp3) is 0.222. The molecule has 128 valence electrons. The lowest BCUT2D eigenvalue weighted by atomic mass is 10.1. The molecule has 0 spiro atoms. The number of nitrogens with zero attached hydrogens (tertiary/aromatic N) is 4. The number of tetrazole rings is 1. The Labute approximate surface area is 144 Å². The molecule has 0 radical (unpaired) electrons. The summed E-state index contributed by atoms with van der Waals surface area (Å²) in [6, 6.07) is 11.2. The first-order chi connectivity index (χ1) is 12.1. The Bertz CT molecular complexity index is 890.